The number of hydrogen-bond donors (Lipinski definition) is 1. The second-order valence-corrected chi connectivity index (χ2v) is 8.38. The van der Waals surface area contributed by atoms with Gasteiger partial charge in [0.25, 0.3) is 0 Å². The molecule has 1 saturated heterocycles. The van der Waals surface area contributed by atoms with Gasteiger partial charge in [-0.3, -0.25) is 14.9 Å². The lowest BCUT2D eigenvalue weighted by molar-refractivity contribution is -0.128. The van der Waals surface area contributed by atoms with Gasteiger partial charge in [-0.1, -0.05) is 53.6 Å². The largest absolute Gasteiger partial charge is 0.332 e. The number of carbonyl (C=O) groups excluding carboxylic acids is 2. The van der Waals surface area contributed by atoms with Crippen LogP contribution in [0.1, 0.15) is 34.3 Å². The minimum atomic E-state index is -0.292. The molecule has 33 heavy (non-hydrogen) atoms. The molecule has 168 valence electrons. The predicted octanol–water partition coefficient (Wildman–Crippen LogP) is 2.97. The number of likely N-dealkylation sites (tertiary alicyclic amines) is 1. The molecule has 9 heteroatoms. The quantitative estimate of drug-likeness (QED) is 0.242. The number of hydrazone groups is 1. The average molecular weight is 463 g/mol. The topological polar surface area (TPSA) is 101 Å². The van der Waals surface area contributed by atoms with E-state index in [4.69, 9.17) is 11.6 Å². The maximum atomic E-state index is 12.6. The fourth-order valence-corrected chi connectivity index (χ4v) is 4.08. The van der Waals surface area contributed by atoms with Crippen molar-refractivity contribution in [2.75, 3.05) is 19.6 Å². The van der Waals surface area contributed by atoms with Crippen LogP contribution in [0.4, 0.5) is 0 Å². The molecule has 2 heterocycles. The van der Waals surface area contributed by atoms with Gasteiger partial charge in [-0.25, -0.2) is 10.0 Å². The first-order valence-electron chi connectivity index (χ1n) is 10.7. The van der Waals surface area contributed by atoms with Crippen LogP contribution in [0.15, 0.2) is 58.6 Å². The monoisotopic (exact) mass is 462 g/mol. The van der Waals surface area contributed by atoms with Gasteiger partial charge >= 0.3 is 0 Å². The van der Waals surface area contributed by atoms with E-state index in [1.807, 2.05) is 42.3 Å². The molecule has 4 rings (SSSR count). The van der Waals surface area contributed by atoms with Gasteiger partial charge in [-0.05, 0) is 25.5 Å². The molecule has 0 aliphatic carbocycles. The van der Waals surface area contributed by atoms with Crippen molar-refractivity contribution in [3.8, 4) is 6.19 Å². The van der Waals surface area contributed by atoms with Crippen LogP contribution in [0.2, 0.25) is 5.02 Å². The maximum absolute atomic E-state index is 12.6. The summed E-state index contributed by atoms with van der Waals surface area (Å²) in [6.07, 6.45) is 3.17. The summed E-state index contributed by atoms with van der Waals surface area (Å²) in [5.74, 6) is 0.0722. The number of amides is 1. The van der Waals surface area contributed by atoms with Gasteiger partial charge in [0.2, 0.25) is 11.9 Å². The Bertz CT molecular complexity index is 1150. The van der Waals surface area contributed by atoms with Gasteiger partial charge in [-0.15, -0.1) is 0 Å². The number of aryl methyl sites for hydroxylation is 1. The molecule has 1 atom stereocenters. The smallest absolute Gasteiger partial charge is 0.228 e. The summed E-state index contributed by atoms with van der Waals surface area (Å²) in [6.45, 7) is 2.79. The lowest BCUT2D eigenvalue weighted by Gasteiger charge is -2.25. The highest BCUT2D eigenvalue weighted by molar-refractivity contribution is 6.30. The van der Waals surface area contributed by atoms with Gasteiger partial charge in [0, 0.05) is 29.1 Å². The minimum Gasteiger partial charge on any atom is -0.332 e. The van der Waals surface area contributed by atoms with Crippen molar-refractivity contribution < 1.29 is 9.59 Å². The maximum Gasteiger partial charge on any atom is 0.228 e. The summed E-state index contributed by atoms with van der Waals surface area (Å²) in [6, 6.07) is 14.2. The number of ketones is 1. The summed E-state index contributed by atoms with van der Waals surface area (Å²) >= 11 is 6.04. The van der Waals surface area contributed by atoms with Crippen molar-refractivity contribution in [3.05, 3.63) is 70.2 Å². The van der Waals surface area contributed by atoms with Crippen molar-refractivity contribution in [2.24, 2.45) is 10.1 Å². The first-order chi connectivity index (χ1) is 16.0. The summed E-state index contributed by atoms with van der Waals surface area (Å²) in [5.41, 5.74) is 3.14. The first kappa shape index (κ1) is 22.5. The van der Waals surface area contributed by atoms with Gasteiger partial charge in [0.1, 0.15) is 6.54 Å². The molecule has 1 fully saturated rings. The van der Waals surface area contributed by atoms with Crippen LogP contribution in [-0.2, 0) is 4.79 Å². The number of nitrogens with one attached hydrogen (secondary N) is 1. The minimum absolute atomic E-state index is 0.0739. The van der Waals surface area contributed by atoms with E-state index in [2.05, 4.69) is 15.4 Å². The van der Waals surface area contributed by atoms with E-state index in [-0.39, 0.29) is 30.2 Å². The van der Waals surface area contributed by atoms with E-state index >= 15 is 0 Å². The van der Waals surface area contributed by atoms with Gasteiger partial charge in [0.15, 0.2) is 12.0 Å². The molecule has 1 unspecified atom stereocenters. The van der Waals surface area contributed by atoms with Crippen LogP contribution < -0.4 is 5.32 Å². The molecule has 2 aliphatic heterocycles. The highest BCUT2D eigenvalue weighted by Gasteiger charge is 2.38. The standard InChI is InChI=1S/C24H23ClN6O2/c1-16-4-6-17(7-5-16)21(32)13-27-24(28-15-26)31-14-20(30-12-2-3-22(30)33)23(29-31)18-8-10-19(25)11-9-18/h4-11,20H,2-3,12-14H2,1H3,(H,27,28). The predicted molar refractivity (Wildman–Crippen MR) is 126 cm³/mol. The average Bonchev–Trinajstić information content (AvgIpc) is 3.43. The van der Waals surface area contributed by atoms with Crippen molar-refractivity contribution in [3.63, 3.8) is 0 Å². The molecular formula is C24H23ClN6O2. The summed E-state index contributed by atoms with van der Waals surface area (Å²) in [4.78, 5) is 31.2. The first-order valence-corrected chi connectivity index (χ1v) is 11.0. The molecule has 1 N–H and O–H groups in total. The Morgan fingerprint density at radius 1 is 1.24 bits per heavy atom. The number of nitrogens with zero attached hydrogens (tertiary/aromatic N) is 5. The van der Waals surface area contributed by atoms with Gasteiger partial charge < -0.3 is 4.90 Å². The number of halogens is 1. The number of rotatable bonds is 5. The highest BCUT2D eigenvalue weighted by Crippen LogP contribution is 2.24. The van der Waals surface area contributed by atoms with Crippen LogP contribution >= 0.6 is 11.6 Å². The van der Waals surface area contributed by atoms with Crippen LogP contribution in [0, 0.1) is 18.4 Å². The second-order valence-electron chi connectivity index (χ2n) is 7.95. The van der Waals surface area contributed by atoms with Gasteiger partial charge in [0.05, 0.1) is 18.3 Å². The van der Waals surface area contributed by atoms with E-state index in [9.17, 15) is 14.9 Å². The number of Topliss-reactive ketones (excluding diaryl/α,β-unsaturated/α-hetero) is 1. The molecular weight excluding hydrogens is 440 g/mol. The van der Waals surface area contributed by atoms with Crippen molar-refractivity contribution in [1.82, 2.24) is 15.2 Å². The second kappa shape index (κ2) is 9.84. The Morgan fingerprint density at radius 2 is 1.97 bits per heavy atom. The van der Waals surface area contributed by atoms with Crippen LogP contribution in [0.5, 0.6) is 0 Å². The van der Waals surface area contributed by atoms with Crippen molar-refractivity contribution in [1.29, 1.82) is 5.26 Å². The zero-order chi connectivity index (χ0) is 23.4. The lowest BCUT2D eigenvalue weighted by atomic mass is 10.0. The number of aliphatic imine (C=N–C) groups is 1. The van der Waals surface area contributed by atoms with E-state index < -0.39 is 0 Å². The number of nitriles is 1. The highest BCUT2D eigenvalue weighted by atomic mass is 35.5. The molecule has 0 saturated carbocycles. The normalized spacial score (nSPS) is 18.3. The van der Waals surface area contributed by atoms with E-state index in [1.165, 1.54) is 0 Å². The lowest BCUT2D eigenvalue weighted by Crippen LogP contribution is -2.45. The van der Waals surface area contributed by atoms with Gasteiger partial charge in [-0.2, -0.15) is 10.4 Å². The molecule has 0 bridgehead atoms. The molecule has 0 aromatic heterocycles. The Balaban J connectivity index is 1.61. The number of hydrogen-bond acceptors (Lipinski definition) is 5. The third kappa shape index (κ3) is 5.04. The fourth-order valence-electron chi connectivity index (χ4n) is 3.95. The molecule has 2 aromatic rings. The third-order valence-corrected chi connectivity index (χ3v) is 5.93. The molecule has 1 amide bonds. The van der Waals surface area contributed by atoms with Crippen LogP contribution in [0.25, 0.3) is 0 Å². The third-order valence-electron chi connectivity index (χ3n) is 5.67. The van der Waals surface area contributed by atoms with E-state index in [0.29, 0.717) is 35.8 Å². The zero-order valence-corrected chi connectivity index (χ0v) is 18.9. The van der Waals surface area contributed by atoms with Crippen LogP contribution in [-0.4, -0.2) is 58.9 Å². The fraction of sp³-hybridized carbons (Fsp3) is 0.292. The Hall–Kier alpha value is -3.70. The summed E-state index contributed by atoms with van der Waals surface area (Å²) < 4.78 is 0. The Morgan fingerprint density at radius 3 is 2.61 bits per heavy atom. The molecule has 2 aromatic carbocycles. The number of benzene rings is 2. The number of carbonyl (C=O) groups is 2. The zero-order valence-electron chi connectivity index (χ0n) is 18.2. The van der Waals surface area contributed by atoms with Crippen LogP contribution in [0.3, 0.4) is 0 Å². The van der Waals surface area contributed by atoms with Crippen molar-refractivity contribution in [2.45, 2.75) is 25.8 Å². The molecule has 2 aliphatic rings. The Labute approximate surface area is 197 Å². The number of guanidine groups is 1. The molecule has 8 nitrogen and oxygen atoms in total. The van der Waals surface area contributed by atoms with Crippen molar-refractivity contribution >= 4 is 35.0 Å². The SMILES string of the molecule is Cc1ccc(C(=O)CN=C(NC#N)N2CC(N3CCCC3=O)C(c3ccc(Cl)cc3)=N2)cc1. The van der Waals surface area contributed by atoms with E-state index in [0.717, 1.165) is 17.5 Å². The molecule has 0 spiro atoms. The molecule has 0 radical (unpaired) electrons. The summed E-state index contributed by atoms with van der Waals surface area (Å²) in [7, 11) is 0. The Kier molecular flexibility index (Phi) is 6.71. The van der Waals surface area contributed by atoms with E-state index in [1.54, 1.807) is 29.3 Å². The summed E-state index contributed by atoms with van der Waals surface area (Å²) in [5, 5.41) is 18.6.